The van der Waals surface area contributed by atoms with Crippen LogP contribution in [0.5, 0.6) is 5.75 Å². The molecule has 1 aromatic heterocycles. The minimum absolute atomic E-state index is 0.0670. The van der Waals surface area contributed by atoms with Gasteiger partial charge >= 0.3 is 0 Å². The molecule has 132 valence electrons. The Bertz CT molecular complexity index is 756. The molecule has 1 fully saturated rings. The monoisotopic (exact) mass is 344 g/mol. The highest BCUT2D eigenvalue weighted by molar-refractivity contribution is 5.78. The first kappa shape index (κ1) is 16.9. The van der Waals surface area contributed by atoms with Gasteiger partial charge in [-0.15, -0.1) is 0 Å². The molecule has 0 aliphatic carbocycles. The van der Waals surface area contributed by atoms with E-state index in [-0.39, 0.29) is 30.9 Å². The smallest absolute Gasteiger partial charge is 0.261 e. The second kappa shape index (κ2) is 7.33. The van der Waals surface area contributed by atoms with Crippen molar-refractivity contribution in [2.75, 3.05) is 13.2 Å². The average molecular weight is 344 g/mol. The summed E-state index contributed by atoms with van der Waals surface area (Å²) in [6, 6.07) is 6.79. The summed E-state index contributed by atoms with van der Waals surface area (Å²) < 4.78 is 10.6. The number of amides is 2. The van der Waals surface area contributed by atoms with E-state index in [1.54, 1.807) is 36.1 Å². The largest absolute Gasteiger partial charge is 0.484 e. The molecule has 0 bridgehead atoms. The third kappa shape index (κ3) is 4.14. The van der Waals surface area contributed by atoms with Gasteiger partial charge in [0.2, 0.25) is 11.8 Å². The van der Waals surface area contributed by atoms with E-state index in [2.05, 4.69) is 10.1 Å². The molecule has 2 aromatic rings. The number of nitrogens with zero attached hydrogens (tertiary/aromatic N) is 3. The Morgan fingerprint density at radius 2 is 2.12 bits per heavy atom. The van der Waals surface area contributed by atoms with Crippen molar-refractivity contribution in [1.29, 1.82) is 0 Å². The molecule has 1 saturated heterocycles. The lowest BCUT2D eigenvalue weighted by Crippen LogP contribution is -2.34. The van der Waals surface area contributed by atoms with Crippen LogP contribution < -0.4 is 10.5 Å². The molecule has 0 unspecified atom stereocenters. The Morgan fingerprint density at radius 1 is 1.36 bits per heavy atom. The Morgan fingerprint density at radius 3 is 2.76 bits per heavy atom. The highest BCUT2D eigenvalue weighted by Gasteiger charge is 2.33. The van der Waals surface area contributed by atoms with Crippen molar-refractivity contribution in [1.82, 2.24) is 15.0 Å². The highest BCUT2D eigenvalue weighted by Crippen LogP contribution is 2.30. The fourth-order valence-electron chi connectivity index (χ4n) is 2.92. The van der Waals surface area contributed by atoms with Crippen LogP contribution in [0.1, 0.15) is 36.2 Å². The highest BCUT2D eigenvalue weighted by atomic mass is 16.5. The van der Waals surface area contributed by atoms with Crippen molar-refractivity contribution in [2.24, 2.45) is 5.73 Å². The van der Waals surface area contributed by atoms with Crippen molar-refractivity contribution in [3.63, 3.8) is 0 Å². The molecule has 25 heavy (non-hydrogen) atoms. The van der Waals surface area contributed by atoms with Crippen LogP contribution >= 0.6 is 0 Å². The summed E-state index contributed by atoms with van der Waals surface area (Å²) in [6.07, 6.45) is 1.89. The number of benzene rings is 1. The molecule has 3 rings (SSSR count). The first-order chi connectivity index (χ1) is 12.0. The van der Waals surface area contributed by atoms with Gasteiger partial charge in [-0.2, -0.15) is 4.98 Å². The van der Waals surface area contributed by atoms with E-state index < -0.39 is 0 Å². The molecule has 0 saturated carbocycles. The number of hydrogen-bond donors (Lipinski definition) is 1. The second-order valence-electron chi connectivity index (χ2n) is 5.99. The Labute approximate surface area is 144 Å². The van der Waals surface area contributed by atoms with Crippen LogP contribution in [-0.2, 0) is 16.0 Å². The van der Waals surface area contributed by atoms with E-state index in [4.69, 9.17) is 15.0 Å². The maximum absolute atomic E-state index is 12.5. The zero-order valence-electron chi connectivity index (χ0n) is 14.0. The lowest BCUT2D eigenvalue weighted by atomic mass is 10.1. The third-order valence-electron chi connectivity index (χ3n) is 4.08. The number of carbonyl (C=O) groups excluding carboxylic acids is 2. The summed E-state index contributed by atoms with van der Waals surface area (Å²) in [5.74, 6) is 1.08. The molecule has 2 heterocycles. The molecule has 8 nitrogen and oxygen atoms in total. The van der Waals surface area contributed by atoms with Crippen LogP contribution in [0.2, 0.25) is 0 Å². The van der Waals surface area contributed by atoms with Crippen molar-refractivity contribution in [2.45, 2.75) is 32.2 Å². The van der Waals surface area contributed by atoms with Crippen LogP contribution in [0, 0.1) is 6.92 Å². The minimum Gasteiger partial charge on any atom is -0.484 e. The number of nitrogens with two attached hydrogens (primary N) is 1. The maximum Gasteiger partial charge on any atom is 0.261 e. The first-order valence-electron chi connectivity index (χ1n) is 8.12. The zero-order valence-corrected chi connectivity index (χ0v) is 14.0. The second-order valence-corrected chi connectivity index (χ2v) is 5.99. The number of rotatable bonds is 6. The standard InChI is InChI=1S/C17H20N4O4/c1-11-19-17(20-25-11)14-3-2-8-21(14)16(23)10-24-13-6-4-12(5-7-13)9-15(18)22/h4-7,14H,2-3,8-10H2,1H3,(H2,18,22)/t14-/m1/s1. The molecule has 1 atom stereocenters. The number of aromatic nitrogens is 2. The third-order valence-corrected chi connectivity index (χ3v) is 4.08. The van der Waals surface area contributed by atoms with Crippen LogP contribution in [0.15, 0.2) is 28.8 Å². The number of ether oxygens (including phenoxy) is 1. The number of primary amides is 1. The van der Waals surface area contributed by atoms with Gasteiger partial charge in [0, 0.05) is 13.5 Å². The SMILES string of the molecule is Cc1nc([C@H]2CCCN2C(=O)COc2ccc(CC(N)=O)cc2)no1. The van der Waals surface area contributed by atoms with E-state index in [0.29, 0.717) is 24.0 Å². The molecule has 0 spiro atoms. The summed E-state index contributed by atoms with van der Waals surface area (Å²) in [7, 11) is 0. The van der Waals surface area contributed by atoms with Gasteiger partial charge in [0.1, 0.15) is 5.75 Å². The van der Waals surface area contributed by atoms with E-state index in [1.165, 1.54) is 0 Å². The van der Waals surface area contributed by atoms with E-state index in [0.717, 1.165) is 18.4 Å². The Balaban J connectivity index is 1.57. The van der Waals surface area contributed by atoms with Crippen LogP contribution in [0.25, 0.3) is 0 Å². The van der Waals surface area contributed by atoms with Gasteiger partial charge < -0.3 is 19.9 Å². The molecular weight excluding hydrogens is 324 g/mol. The van der Waals surface area contributed by atoms with Gasteiger partial charge in [-0.05, 0) is 30.5 Å². The fraction of sp³-hybridized carbons (Fsp3) is 0.412. The maximum atomic E-state index is 12.5. The fourth-order valence-corrected chi connectivity index (χ4v) is 2.92. The van der Waals surface area contributed by atoms with Crippen LogP contribution in [0.4, 0.5) is 0 Å². The summed E-state index contributed by atoms with van der Waals surface area (Å²) in [5, 5.41) is 3.92. The summed E-state index contributed by atoms with van der Waals surface area (Å²) in [6.45, 7) is 2.31. The number of carbonyl (C=O) groups is 2. The molecular formula is C17H20N4O4. The molecule has 1 aromatic carbocycles. The molecule has 0 radical (unpaired) electrons. The van der Waals surface area contributed by atoms with Gasteiger partial charge in [0.15, 0.2) is 12.4 Å². The number of hydrogen-bond acceptors (Lipinski definition) is 6. The predicted molar refractivity (Wildman–Crippen MR) is 87.6 cm³/mol. The van der Waals surface area contributed by atoms with Crippen molar-refractivity contribution in [3.8, 4) is 5.75 Å². The van der Waals surface area contributed by atoms with E-state index >= 15 is 0 Å². The van der Waals surface area contributed by atoms with Crippen molar-refractivity contribution in [3.05, 3.63) is 41.5 Å². The van der Waals surface area contributed by atoms with E-state index in [1.807, 2.05) is 0 Å². The zero-order chi connectivity index (χ0) is 17.8. The van der Waals surface area contributed by atoms with Gasteiger partial charge in [-0.25, -0.2) is 0 Å². The lowest BCUT2D eigenvalue weighted by Gasteiger charge is -2.22. The van der Waals surface area contributed by atoms with Crippen molar-refractivity contribution < 1.29 is 18.8 Å². The molecule has 8 heteroatoms. The topological polar surface area (TPSA) is 112 Å². The van der Waals surface area contributed by atoms with Gasteiger partial charge in [0.05, 0.1) is 12.5 Å². The van der Waals surface area contributed by atoms with Crippen LogP contribution in [0.3, 0.4) is 0 Å². The summed E-state index contributed by atoms with van der Waals surface area (Å²) >= 11 is 0. The first-order valence-corrected chi connectivity index (χ1v) is 8.12. The molecule has 2 N–H and O–H groups in total. The molecule has 2 amide bonds. The Kier molecular flexibility index (Phi) is 4.97. The Hall–Kier alpha value is -2.90. The van der Waals surface area contributed by atoms with Gasteiger partial charge in [0.25, 0.3) is 5.91 Å². The van der Waals surface area contributed by atoms with Crippen molar-refractivity contribution >= 4 is 11.8 Å². The van der Waals surface area contributed by atoms with Gasteiger partial charge in [-0.3, -0.25) is 9.59 Å². The summed E-state index contributed by atoms with van der Waals surface area (Å²) in [5.41, 5.74) is 5.96. The normalized spacial score (nSPS) is 16.8. The average Bonchev–Trinajstić information content (AvgIpc) is 3.22. The number of aryl methyl sites for hydroxylation is 1. The number of likely N-dealkylation sites (tertiary alicyclic amines) is 1. The molecule has 1 aliphatic rings. The minimum atomic E-state index is -0.388. The lowest BCUT2D eigenvalue weighted by molar-refractivity contribution is -0.134. The molecule has 1 aliphatic heterocycles. The quantitative estimate of drug-likeness (QED) is 0.841. The van der Waals surface area contributed by atoms with Gasteiger partial charge in [-0.1, -0.05) is 17.3 Å². The summed E-state index contributed by atoms with van der Waals surface area (Å²) in [4.78, 5) is 29.3. The van der Waals surface area contributed by atoms with Crippen LogP contribution in [-0.4, -0.2) is 40.0 Å². The van der Waals surface area contributed by atoms with E-state index in [9.17, 15) is 9.59 Å². The predicted octanol–water partition coefficient (Wildman–Crippen LogP) is 1.15.